The lowest BCUT2D eigenvalue weighted by atomic mass is 10.2. The van der Waals surface area contributed by atoms with Gasteiger partial charge in [0.2, 0.25) is 0 Å². The zero-order valence-corrected chi connectivity index (χ0v) is 9.53. The van der Waals surface area contributed by atoms with E-state index in [0.717, 1.165) is 17.7 Å². The molecular weight excluding hydrogens is 261 g/mol. The molecule has 0 fully saturated rings. The predicted octanol–water partition coefficient (Wildman–Crippen LogP) is 3.15. The highest BCUT2D eigenvalue weighted by Crippen LogP contribution is 2.24. The first-order valence-electron chi connectivity index (χ1n) is 4.24. The minimum atomic E-state index is -0.900. The van der Waals surface area contributed by atoms with Gasteiger partial charge in [-0.05, 0) is 17.7 Å². The average molecular weight is 269 g/mol. The van der Waals surface area contributed by atoms with Gasteiger partial charge in [0.15, 0.2) is 17.4 Å². The number of hydrogen-bond donors (Lipinski definition) is 1. The van der Waals surface area contributed by atoms with Crippen LogP contribution >= 0.6 is 23.2 Å². The summed E-state index contributed by atoms with van der Waals surface area (Å²) in [4.78, 5) is 0. The quantitative estimate of drug-likeness (QED) is 0.909. The monoisotopic (exact) mass is 268 g/mol. The summed E-state index contributed by atoms with van der Waals surface area (Å²) in [6.07, 6.45) is 0. The second kappa shape index (κ2) is 6.03. The number of ether oxygens (including phenoxy) is 1. The van der Waals surface area contributed by atoms with Crippen molar-refractivity contribution in [1.29, 1.82) is 0 Å². The Balaban J connectivity index is 2.88. The molecule has 0 bridgehead atoms. The van der Waals surface area contributed by atoms with Gasteiger partial charge in [0.05, 0.1) is 11.6 Å². The van der Waals surface area contributed by atoms with Gasteiger partial charge in [0.25, 0.3) is 0 Å². The molecule has 1 rings (SSSR count). The molecule has 1 aromatic rings. The van der Waals surface area contributed by atoms with Gasteiger partial charge >= 0.3 is 0 Å². The van der Waals surface area contributed by atoms with Crippen LogP contribution in [0.25, 0.3) is 0 Å². The van der Waals surface area contributed by atoms with E-state index in [1.807, 2.05) is 0 Å². The first-order chi connectivity index (χ1) is 7.58. The van der Waals surface area contributed by atoms with Crippen molar-refractivity contribution in [3.63, 3.8) is 0 Å². The minimum Gasteiger partial charge on any atom is -0.482 e. The Hall–Kier alpha value is -0.840. The molecular formula is C10H8Cl2F2O2. The maximum Gasteiger partial charge on any atom is 0.191 e. The van der Waals surface area contributed by atoms with E-state index in [1.165, 1.54) is 0 Å². The smallest absolute Gasteiger partial charge is 0.191 e. The van der Waals surface area contributed by atoms with Crippen molar-refractivity contribution in [1.82, 2.24) is 0 Å². The topological polar surface area (TPSA) is 29.5 Å². The zero-order valence-electron chi connectivity index (χ0n) is 8.01. The van der Waals surface area contributed by atoms with Gasteiger partial charge in [-0.15, -0.1) is 0 Å². The molecule has 16 heavy (non-hydrogen) atoms. The van der Waals surface area contributed by atoms with Crippen molar-refractivity contribution in [2.45, 2.75) is 6.61 Å². The van der Waals surface area contributed by atoms with Crippen LogP contribution in [0.4, 0.5) is 8.78 Å². The minimum absolute atomic E-state index is 0.117. The van der Waals surface area contributed by atoms with E-state index in [0.29, 0.717) is 0 Å². The highest BCUT2D eigenvalue weighted by Gasteiger charge is 2.12. The Morgan fingerprint density at radius 3 is 2.38 bits per heavy atom. The number of aliphatic hydroxyl groups is 1. The van der Waals surface area contributed by atoms with Crippen LogP contribution in [0.1, 0.15) is 5.56 Å². The summed E-state index contributed by atoms with van der Waals surface area (Å²) in [5.41, 5.74) is 1.17. The molecule has 0 aliphatic heterocycles. The van der Waals surface area contributed by atoms with E-state index in [4.69, 9.17) is 33.0 Å². The van der Waals surface area contributed by atoms with Gasteiger partial charge in [-0.3, -0.25) is 0 Å². The van der Waals surface area contributed by atoms with E-state index in [9.17, 15) is 8.78 Å². The number of benzene rings is 1. The molecule has 0 aromatic heterocycles. The van der Waals surface area contributed by atoms with Gasteiger partial charge in [-0.2, -0.15) is 0 Å². The van der Waals surface area contributed by atoms with E-state index in [1.54, 1.807) is 0 Å². The summed E-state index contributed by atoms with van der Waals surface area (Å²) in [7, 11) is 0. The summed E-state index contributed by atoms with van der Waals surface area (Å²) in [6, 6.07) is 1.97. The van der Waals surface area contributed by atoms with Crippen molar-refractivity contribution in [2.75, 3.05) is 6.61 Å². The molecule has 0 saturated carbocycles. The highest BCUT2D eigenvalue weighted by molar-refractivity contribution is 6.36. The Morgan fingerprint density at radius 1 is 1.38 bits per heavy atom. The zero-order chi connectivity index (χ0) is 12.1. The van der Waals surface area contributed by atoms with Gasteiger partial charge < -0.3 is 9.84 Å². The van der Waals surface area contributed by atoms with Gasteiger partial charge in [0, 0.05) is 5.54 Å². The molecule has 1 aromatic carbocycles. The molecule has 0 spiro atoms. The maximum atomic E-state index is 13.3. The second-order valence-corrected chi connectivity index (χ2v) is 3.60. The lowest BCUT2D eigenvalue weighted by Gasteiger charge is -2.08. The van der Waals surface area contributed by atoms with Gasteiger partial charge in [0.1, 0.15) is 6.61 Å². The van der Waals surface area contributed by atoms with Gasteiger partial charge in [-0.25, -0.2) is 8.78 Å². The van der Waals surface area contributed by atoms with Crippen LogP contribution in [0.5, 0.6) is 5.75 Å². The molecule has 0 unspecified atom stereocenters. The second-order valence-electron chi connectivity index (χ2n) is 2.89. The standard InChI is InChI=1S/C10H8Cl2F2O2/c11-3-7(12)5-16-10-8(13)1-6(4-15)2-9(10)14/h1-3,15H,4-5H2. The van der Waals surface area contributed by atoms with Crippen LogP contribution < -0.4 is 4.74 Å². The van der Waals surface area contributed by atoms with Crippen LogP contribution in [-0.2, 0) is 6.61 Å². The SMILES string of the molecule is OCc1cc(F)c(OCC(Cl)=CCl)c(F)c1. The fourth-order valence-electron chi connectivity index (χ4n) is 1.01. The molecule has 0 heterocycles. The fourth-order valence-corrected chi connectivity index (χ4v) is 1.13. The van der Waals surface area contributed by atoms with E-state index >= 15 is 0 Å². The fraction of sp³-hybridized carbons (Fsp3) is 0.200. The number of rotatable bonds is 4. The highest BCUT2D eigenvalue weighted by atomic mass is 35.5. The average Bonchev–Trinajstić information content (AvgIpc) is 2.27. The van der Waals surface area contributed by atoms with E-state index in [2.05, 4.69) is 0 Å². The summed E-state index contributed by atoms with van der Waals surface area (Å²) in [5.74, 6) is -2.35. The lowest BCUT2D eigenvalue weighted by molar-refractivity contribution is 0.277. The van der Waals surface area contributed by atoms with Crippen LogP contribution in [0.15, 0.2) is 22.7 Å². The third-order valence-electron chi connectivity index (χ3n) is 1.71. The molecule has 2 nitrogen and oxygen atoms in total. The molecule has 0 aliphatic carbocycles. The summed E-state index contributed by atoms with van der Waals surface area (Å²) >= 11 is 10.7. The van der Waals surface area contributed by atoms with E-state index < -0.39 is 24.0 Å². The molecule has 0 atom stereocenters. The Kier molecular flexibility index (Phi) is 4.99. The third-order valence-corrected chi connectivity index (χ3v) is 2.31. The van der Waals surface area contributed by atoms with Crippen LogP contribution in [-0.4, -0.2) is 11.7 Å². The number of halogens is 4. The van der Waals surface area contributed by atoms with E-state index in [-0.39, 0.29) is 17.2 Å². The molecule has 6 heteroatoms. The number of aliphatic hydroxyl groups excluding tert-OH is 1. The van der Waals surface area contributed by atoms with Crippen molar-refractivity contribution in [3.8, 4) is 5.75 Å². The maximum absolute atomic E-state index is 13.3. The van der Waals surface area contributed by atoms with Crippen molar-refractivity contribution in [2.24, 2.45) is 0 Å². The van der Waals surface area contributed by atoms with Crippen molar-refractivity contribution >= 4 is 23.2 Å². The molecule has 1 N–H and O–H groups in total. The Labute approximate surface area is 101 Å². The van der Waals surface area contributed by atoms with Crippen LogP contribution in [0.2, 0.25) is 0 Å². The first-order valence-corrected chi connectivity index (χ1v) is 5.06. The molecule has 0 saturated heterocycles. The summed E-state index contributed by atoms with van der Waals surface area (Å²) in [5, 5.41) is 8.83. The molecule has 0 aliphatic rings. The van der Waals surface area contributed by atoms with Crippen LogP contribution in [0.3, 0.4) is 0 Å². The Bertz CT molecular complexity index is 385. The molecule has 0 amide bonds. The summed E-state index contributed by atoms with van der Waals surface area (Å²) < 4.78 is 31.4. The first kappa shape index (κ1) is 13.2. The van der Waals surface area contributed by atoms with Gasteiger partial charge in [-0.1, -0.05) is 23.2 Å². The van der Waals surface area contributed by atoms with Crippen molar-refractivity contribution < 1.29 is 18.6 Å². The normalized spacial score (nSPS) is 11.7. The molecule has 88 valence electrons. The third kappa shape index (κ3) is 3.33. The predicted molar refractivity (Wildman–Crippen MR) is 57.6 cm³/mol. The largest absolute Gasteiger partial charge is 0.482 e. The number of hydrogen-bond acceptors (Lipinski definition) is 2. The molecule has 0 radical (unpaired) electrons. The van der Waals surface area contributed by atoms with Crippen molar-refractivity contribution in [3.05, 3.63) is 39.9 Å². The summed E-state index contributed by atoms with van der Waals surface area (Å²) in [6.45, 7) is -0.673. The van der Waals surface area contributed by atoms with Crippen LogP contribution in [0, 0.1) is 11.6 Å². The lowest BCUT2D eigenvalue weighted by Crippen LogP contribution is -2.02. The Morgan fingerprint density at radius 2 is 1.94 bits per heavy atom.